The zero-order valence-electron chi connectivity index (χ0n) is 11.4. The highest BCUT2D eigenvalue weighted by Crippen LogP contribution is 2.36. The summed E-state index contributed by atoms with van der Waals surface area (Å²) in [4.78, 5) is 18.8. The van der Waals surface area contributed by atoms with E-state index in [4.69, 9.17) is 0 Å². The number of Topliss-reactive ketones (excluding diaryl/α,β-unsaturated/α-hetero) is 1. The number of carbonyl (C=O) groups is 1. The van der Waals surface area contributed by atoms with E-state index in [1.807, 2.05) is 13.1 Å². The van der Waals surface area contributed by atoms with Gasteiger partial charge in [0.2, 0.25) is 0 Å². The van der Waals surface area contributed by atoms with E-state index in [1.165, 1.54) is 16.5 Å². The Balaban J connectivity index is 2.02. The summed E-state index contributed by atoms with van der Waals surface area (Å²) in [6.45, 7) is 2.00. The standard InChI is InChI=1S/C17H16N2O/c1-10-16-13(5-3-7-15(16)20)17(19-10)12-4-2-6-14-11(12)8-9-18-14/h2,4,6,8-9,18-19H,3,5,7H2,1H3. The monoisotopic (exact) mass is 264 g/mol. The Labute approximate surface area is 117 Å². The van der Waals surface area contributed by atoms with Crippen LogP contribution in [0.3, 0.4) is 0 Å². The number of ketones is 1. The van der Waals surface area contributed by atoms with Crippen molar-refractivity contribution in [1.82, 2.24) is 9.97 Å². The van der Waals surface area contributed by atoms with Crippen molar-refractivity contribution < 1.29 is 4.79 Å². The van der Waals surface area contributed by atoms with Crippen LogP contribution in [0.2, 0.25) is 0 Å². The van der Waals surface area contributed by atoms with E-state index < -0.39 is 0 Å². The van der Waals surface area contributed by atoms with Crippen molar-refractivity contribution >= 4 is 16.7 Å². The van der Waals surface area contributed by atoms with Gasteiger partial charge in [0.05, 0.1) is 5.69 Å². The fraction of sp³-hybridized carbons (Fsp3) is 0.235. The molecule has 0 spiro atoms. The molecule has 3 aromatic rings. The number of hydrogen-bond acceptors (Lipinski definition) is 1. The normalized spacial score (nSPS) is 14.8. The molecule has 0 fully saturated rings. The number of H-pyrrole nitrogens is 2. The first-order valence-electron chi connectivity index (χ1n) is 7.07. The topological polar surface area (TPSA) is 48.6 Å². The first kappa shape index (κ1) is 11.5. The molecule has 0 radical (unpaired) electrons. The van der Waals surface area contributed by atoms with Crippen LogP contribution in [0.4, 0.5) is 0 Å². The van der Waals surface area contributed by atoms with Gasteiger partial charge in [-0.15, -0.1) is 0 Å². The van der Waals surface area contributed by atoms with Crippen molar-refractivity contribution in [3.05, 3.63) is 47.3 Å². The SMILES string of the molecule is Cc1[nH]c(-c2cccc3[nH]ccc23)c2c1C(=O)CCC2. The van der Waals surface area contributed by atoms with E-state index in [1.54, 1.807) is 0 Å². The number of aromatic nitrogens is 2. The Kier molecular flexibility index (Phi) is 2.36. The molecule has 1 aromatic carbocycles. The van der Waals surface area contributed by atoms with Gasteiger partial charge in [-0.05, 0) is 37.5 Å². The molecular formula is C17H16N2O. The lowest BCUT2D eigenvalue weighted by Crippen LogP contribution is -2.09. The molecule has 0 saturated heterocycles. The predicted octanol–water partition coefficient (Wildman–Crippen LogP) is 3.99. The van der Waals surface area contributed by atoms with E-state index >= 15 is 0 Å². The molecule has 3 heteroatoms. The number of benzene rings is 1. The number of nitrogens with one attached hydrogen (secondary N) is 2. The van der Waals surface area contributed by atoms with Crippen molar-refractivity contribution in [2.24, 2.45) is 0 Å². The van der Waals surface area contributed by atoms with Crippen LogP contribution in [0, 0.1) is 6.92 Å². The average Bonchev–Trinajstić information content (AvgIpc) is 3.04. The number of rotatable bonds is 1. The molecule has 1 aliphatic carbocycles. The number of carbonyl (C=O) groups excluding carboxylic acids is 1. The van der Waals surface area contributed by atoms with Gasteiger partial charge >= 0.3 is 0 Å². The summed E-state index contributed by atoms with van der Waals surface area (Å²) in [6, 6.07) is 8.35. The van der Waals surface area contributed by atoms with E-state index in [-0.39, 0.29) is 5.78 Å². The summed E-state index contributed by atoms with van der Waals surface area (Å²) in [6.07, 6.45) is 4.59. The lowest BCUT2D eigenvalue weighted by molar-refractivity contribution is 0.0972. The minimum atomic E-state index is 0.285. The third kappa shape index (κ3) is 1.49. The van der Waals surface area contributed by atoms with Crippen LogP contribution in [0.1, 0.15) is 34.5 Å². The Morgan fingerprint density at radius 3 is 2.95 bits per heavy atom. The zero-order chi connectivity index (χ0) is 13.7. The first-order valence-corrected chi connectivity index (χ1v) is 7.07. The quantitative estimate of drug-likeness (QED) is 0.686. The van der Waals surface area contributed by atoms with Crippen LogP contribution in [0.15, 0.2) is 30.5 Å². The molecule has 0 saturated carbocycles. The lowest BCUT2D eigenvalue weighted by Gasteiger charge is -2.13. The maximum atomic E-state index is 12.1. The smallest absolute Gasteiger partial charge is 0.164 e. The molecule has 0 aliphatic heterocycles. The summed E-state index contributed by atoms with van der Waals surface area (Å²) in [7, 11) is 0. The van der Waals surface area contributed by atoms with Crippen molar-refractivity contribution in [3.8, 4) is 11.3 Å². The molecule has 0 amide bonds. The maximum Gasteiger partial charge on any atom is 0.164 e. The molecule has 3 nitrogen and oxygen atoms in total. The van der Waals surface area contributed by atoms with Crippen LogP contribution in [0.25, 0.3) is 22.2 Å². The molecule has 2 heterocycles. The van der Waals surface area contributed by atoms with Gasteiger partial charge in [-0.25, -0.2) is 0 Å². The van der Waals surface area contributed by atoms with Gasteiger partial charge in [0.1, 0.15) is 0 Å². The Bertz CT molecular complexity index is 823. The van der Waals surface area contributed by atoms with Gasteiger partial charge in [-0.2, -0.15) is 0 Å². The summed E-state index contributed by atoms with van der Waals surface area (Å²) in [5.41, 5.74) is 6.57. The summed E-state index contributed by atoms with van der Waals surface area (Å²) < 4.78 is 0. The van der Waals surface area contributed by atoms with Crippen molar-refractivity contribution in [2.45, 2.75) is 26.2 Å². The number of aryl methyl sites for hydroxylation is 1. The van der Waals surface area contributed by atoms with Crippen LogP contribution < -0.4 is 0 Å². The fourth-order valence-electron chi connectivity index (χ4n) is 3.39. The Morgan fingerprint density at radius 2 is 2.05 bits per heavy atom. The summed E-state index contributed by atoms with van der Waals surface area (Å²) >= 11 is 0. The highest BCUT2D eigenvalue weighted by Gasteiger charge is 2.25. The van der Waals surface area contributed by atoms with E-state index in [0.717, 1.165) is 35.3 Å². The van der Waals surface area contributed by atoms with Gasteiger partial charge in [0.15, 0.2) is 5.78 Å². The van der Waals surface area contributed by atoms with Gasteiger partial charge in [-0.3, -0.25) is 4.79 Å². The second-order valence-corrected chi connectivity index (χ2v) is 5.50. The highest BCUT2D eigenvalue weighted by atomic mass is 16.1. The largest absolute Gasteiger partial charge is 0.361 e. The molecule has 20 heavy (non-hydrogen) atoms. The third-order valence-corrected chi connectivity index (χ3v) is 4.26. The minimum absolute atomic E-state index is 0.285. The molecule has 4 rings (SSSR count). The molecule has 2 N–H and O–H groups in total. The third-order valence-electron chi connectivity index (χ3n) is 4.26. The van der Waals surface area contributed by atoms with Crippen LogP contribution in [0.5, 0.6) is 0 Å². The molecule has 0 unspecified atom stereocenters. The number of fused-ring (bicyclic) bond motifs is 2. The van der Waals surface area contributed by atoms with Crippen LogP contribution >= 0.6 is 0 Å². The van der Waals surface area contributed by atoms with E-state index in [9.17, 15) is 4.79 Å². The van der Waals surface area contributed by atoms with Crippen molar-refractivity contribution in [3.63, 3.8) is 0 Å². The summed E-state index contributed by atoms with van der Waals surface area (Å²) in [5, 5.41) is 1.20. The number of aromatic amines is 2. The molecule has 100 valence electrons. The average molecular weight is 264 g/mol. The highest BCUT2D eigenvalue weighted by molar-refractivity contribution is 6.03. The second kappa shape index (κ2) is 4.10. The van der Waals surface area contributed by atoms with Crippen LogP contribution in [-0.4, -0.2) is 15.8 Å². The van der Waals surface area contributed by atoms with Crippen LogP contribution in [-0.2, 0) is 6.42 Å². The summed E-state index contributed by atoms with van der Waals surface area (Å²) in [5.74, 6) is 0.285. The molecular weight excluding hydrogens is 248 g/mol. The van der Waals surface area contributed by atoms with Gasteiger partial charge in [0, 0.05) is 40.3 Å². The van der Waals surface area contributed by atoms with Crippen molar-refractivity contribution in [2.75, 3.05) is 0 Å². The second-order valence-electron chi connectivity index (χ2n) is 5.50. The Hall–Kier alpha value is -2.29. The number of hydrogen-bond donors (Lipinski definition) is 2. The molecule has 2 aromatic heterocycles. The van der Waals surface area contributed by atoms with E-state index in [0.29, 0.717) is 6.42 Å². The zero-order valence-corrected chi connectivity index (χ0v) is 11.4. The fourth-order valence-corrected chi connectivity index (χ4v) is 3.39. The molecule has 0 atom stereocenters. The Morgan fingerprint density at radius 1 is 1.15 bits per heavy atom. The van der Waals surface area contributed by atoms with Gasteiger partial charge in [0.25, 0.3) is 0 Å². The minimum Gasteiger partial charge on any atom is -0.361 e. The van der Waals surface area contributed by atoms with Gasteiger partial charge < -0.3 is 9.97 Å². The van der Waals surface area contributed by atoms with Gasteiger partial charge in [-0.1, -0.05) is 12.1 Å². The first-order chi connectivity index (χ1) is 9.75. The van der Waals surface area contributed by atoms with Crippen molar-refractivity contribution in [1.29, 1.82) is 0 Å². The molecule has 1 aliphatic rings. The lowest BCUT2D eigenvalue weighted by atomic mass is 9.89. The van der Waals surface area contributed by atoms with E-state index in [2.05, 4.69) is 34.2 Å². The predicted molar refractivity (Wildman–Crippen MR) is 80.1 cm³/mol. The molecule has 0 bridgehead atoms. The maximum absolute atomic E-state index is 12.1.